The predicted octanol–water partition coefficient (Wildman–Crippen LogP) is 3.34. The first-order valence-corrected chi connectivity index (χ1v) is 6.08. The summed E-state index contributed by atoms with van der Waals surface area (Å²) in [5.74, 6) is -1.09. The third kappa shape index (κ3) is 3.36. The van der Waals surface area contributed by atoms with Gasteiger partial charge in [-0.25, -0.2) is 9.78 Å². The maximum absolute atomic E-state index is 13.1. The van der Waals surface area contributed by atoms with Gasteiger partial charge in [0.15, 0.2) is 5.69 Å². The minimum atomic E-state index is -4.70. The third-order valence-corrected chi connectivity index (χ3v) is 2.66. The zero-order valence-corrected chi connectivity index (χ0v) is 11.0. The molecule has 0 unspecified atom stereocenters. The van der Waals surface area contributed by atoms with Gasteiger partial charge in [-0.2, -0.15) is 13.2 Å². The Morgan fingerprint density at radius 1 is 1.29 bits per heavy atom. The number of hydrogen-bond donors (Lipinski definition) is 0. The molecule has 2 heterocycles. The maximum Gasteiger partial charge on any atom is 0.418 e. The van der Waals surface area contributed by atoms with Gasteiger partial charge in [0.05, 0.1) is 12.2 Å². The Hall–Kier alpha value is -2.44. The molecule has 0 aliphatic heterocycles. The van der Waals surface area contributed by atoms with Crippen molar-refractivity contribution >= 4 is 5.97 Å². The van der Waals surface area contributed by atoms with Crippen LogP contribution in [-0.2, 0) is 10.9 Å². The number of aromatic nitrogens is 2. The third-order valence-electron chi connectivity index (χ3n) is 2.66. The molecule has 0 aliphatic carbocycles. The molecule has 0 saturated heterocycles. The summed E-state index contributed by atoms with van der Waals surface area (Å²) in [5, 5.41) is 0. The van der Waals surface area contributed by atoms with Gasteiger partial charge < -0.3 is 4.74 Å². The summed E-state index contributed by atoms with van der Waals surface area (Å²) in [7, 11) is 0. The summed E-state index contributed by atoms with van der Waals surface area (Å²) < 4.78 is 43.8. The van der Waals surface area contributed by atoms with Crippen LogP contribution in [0.5, 0.6) is 0 Å². The zero-order valence-electron chi connectivity index (χ0n) is 11.0. The van der Waals surface area contributed by atoms with E-state index < -0.39 is 23.4 Å². The van der Waals surface area contributed by atoms with Gasteiger partial charge in [0, 0.05) is 29.7 Å². The van der Waals surface area contributed by atoms with Crippen LogP contribution >= 0.6 is 0 Å². The van der Waals surface area contributed by atoms with Gasteiger partial charge in [-0.15, -0.1) is 0 Å². The summed E-state index contributed by atoms with van der Waals surface area (Å²) in [6, 6.07) is 4.08. The fourth-order valence-corrected chi connectivity index (χ4v) is 1.73. The molecule has 7 heteroatoms. The van der Waals surface area contributed by atoms with E-state index in [0.29, 0.717) is 5.56 Å². The van der Waals surface area contributed by atoms with Gasteiger partial charge in [-0.1, -0.05) is 6.07 Å². The van der Waals surface area contributed by atoms with E-state index in [4.69, 9.17) is 0 Å². The standard InChI is InChI=1S/C14H11F3N2O2/c1-2-21-13(20)12-11(14(15,16)17)6-10(8-19-12)9-4-3-5-18-7-9/h3-8H,2H2,1H3. The second-order valence-electron chi connectivity index (χ2n) is 4.08. The lowest BCUT2D eigenvalue weighted by Crippen LogP contribution is -2.17. The summed E-state index contributed by atoms with van der Waals surface area (Å²) in [5.41, 5.74) is -1.16. The van der Waals surface area contributed by atoms with Gasteiger partial charge in [0.25, 0.3) is 0 Å². The van der Waals surface area contributed by atoms with Crippen molar-refractivity contribution in [3.05, 3.63) is 48.0 Å². The number of carbonyl (C=O) groups is 1. The smallest absolute Gasteiger partial charge is 0.418 e. The summed E-state index contributed by atoms with van der Waals surface area (Å²) >= 11 is 0. The maximum atomic E-state index is 13.1. The van der Waals surface area contributed by atoms with E-state index in [-0.39, 0.29) is 12.2 Å². The van der Waals surface area contributed by atoms with Crippen molar-refractivity contribution in [1.29, 1.82) is 0 Å². The van der Waals surface area contributed by atoms with Crippen LogP contribution in [0.1, 0.15) is 23.0 Å². The van der Waals surface area contributed by atoms with Crippen LogP contribution in [0.25, 0.3) is 11.1 Å². The molecular weight excluding hydrogens is 285 g/mol. The second kappa shape index (κ2) is 5.90. The monoisotopic (exact) mass is 296 g/mol. The van der Waals surface area contributed by atoms with Crippen LogP contribution in [0.4, 0.5) is 13.2 Å². The Balaban J connectivity index is 2.53. The van der Waals surface area contributed by atoms with Gasteiger partial charge >= 0.3 is 12.1 Å². The van der Waals surface area contributed by atoms with Gasteiger partial charge in [0.1, 0.15) is 0 Å². The average Bonchev–Trinajstić information content (AvgIpc) is 2.47. The fourth-order valence-electron chi connectivity index (χ4n) is 1.73. The number of hydrogen-bond acceptors (Lipinski definition) is 4. The largest absolute Gasteiger partial charge is 0.461 e. The van der Waals surface area contributed by atoms with Gasteiger partial charge in [-0.3, -0.25) is 4.98 Å². The lowest BCUT2D eigenvalue weighted by Gasteiger charge is -2.12. The quantitative estimate of drug-likeness (QED) is 0.815. The first-order chi connectivity index (χ1) is 9.93. The molecule has 0 atom stereocenters. The number of nitrogens with zero attached hydrogens (tertiary/aromatic N) is 2. The van der Waals surface area contributed by atoms with E-state index in [2.05, 4.69) is 14.7 Å². The number of alkyl halides is 3. The molecule has 2 aromatic rings. The van der Waals surface area contributed by atoms with Crippen molar-refractivity contribution < 1.29 is 22.7 Å². The topological polar surface area (TPSA) is 52.1 Å². The number of rotatable bonds is 3. The summed E-state index contributed by atoms with van der Waals surface area (Å²) in [4.78, 5) is 19.0. The van der Waals surface area contributed by atoms with Crippen molar-refractivity contribution in [2.75, 3.05) is 6.61 Å². The molecule has 110 valence electrons. The van der Waals surface area contributed by atoms with Crippen LogP contribution in [0, 0.1) is 0 Å². The Morgan fingerprint density at radius 3 is 2.62 bits per heavy atom. The molecule has 0 saturated carbocycles. The highest BCUT2D eigenvalue weighted by molar-refractivity contribution is 5.89. The van der Waals surface area contributed by atoms with E-state index in [1.54, 1.807) is 12.1 Å². The van der Waals surface area contributed by atoms with E-state index in [9.17, 15) is 18.0 Å². The first kappa shape index (κ1) is 15.0. The molecule has 0 bridgehead atoms. The second-order valence-corrected chi connectivity index (χ2v) is 4.08. The Labute approximate surface area is 118 Å². The van der Waals surface area contributed by atoms with Crippen molar-refractivity contribution in [2.45, 2.75) is 13.1 Å². The molecule has 2 aromatic heterocycles. The minimum absolute atomic E-state index is 0.0256. The van der Waals surface area contributed by atoms with Crippen molar-refractivity contribution in [1.82, 2.24) is 9.97 Å². The molecule has 0 fully saturated rings. The van der Waals surface area contributed by atoms with Crippen LogP contribution in [0.15, 0.2) is 36.8 Å². The molecule has 2 rings (SSSR count). The van der Waals surface area contributed by atoms with Gasteiger partial charge in [0.2, 0.25) is 0 Å². The minimum Gasteiger partial charge on any atom is -0.461 e. The molecular formula is C14H11F3N2O2. The molecule has 21 heavy (non-hydrogen) atoms. The molecule has 0 N–H and O–H groups in total. The number of pyridine rings is 2. The molecule has 0 amide bonds. The van der Waals surface area contributed by atoms with Crippen molar-refractivity contribution in [3.63, 3.8) is 0 Å². The molecule has 4 nitrogen and oxygen atoms in total. The summed E-state index contributed by atoms with van der Waals surface area (Å²) in [6.45, 7) is 1.48. The van der Waals surface area contributed by atoms with E-state index in [1.807, 2.05) is 0 Å². The Morgan fingerprint density at radius 2 is 2.05 bits per heavy atom. The number of esters is 1. The van der Waals surface area contributed by atoms with Gasteiger partial charge in [-0.05, 0) is 19.1 Å². The Kier molecular flexibility index (Phi) is 4.21. The van der Waals surface area contributed by atoms with Crippen LogP contribution in [-0.4, -0.2) is 22.5 Å². The highest BCUT2D eigenvalue weighted by atomic mass is 19.4. The lowest BCUT2D eigenvalue weighted by molar-refractivity contribution is -0.138. The van der Waals surface area contributed by atoms with Crippen LogP contribution in [0.2, 0.25) is 0 Å². The van der Waals surface area contributed by atoms with E-state index in [0.717, 1.165) is 6.07 Å². The fraction of sp³-hybridized carbons (Fsp3) is 0.214. The van der Waals surface area contributed by atoms with E-state index in [1.165, 1.54) is 25.5 Å². The first-order valence-electron chi connectivity index (χ1n) is 6.08. The van der Waals surface area contributed by atoms with Crippen LogP contribution < -0.4 is 0 Å². The highest BCUT2D eigenvalue weighted by Gasteiger charge is 2.37. The van der Waals surface area contributed by atoms with Crippen molar-refractivity contribution in [2.24, 2.45) is 0 Å². The normalized spacial score (nSPS) is 11.2. The number of ether oxygens (including phenoxy) is 1. The Bertz CT molecular complexity index is 642. The average molecular weight is 296 g/mol. The number of carbonyl (C=O) groups excluding carboxylic acids is 1. The SMILES string of the molecule is CCOC(=O)c1ncc(-c2cccnc2)cc1C(F)(F)F. The lowest BCUT2D eigenvalue weighted by atomic mass is 10.1. The van der Waals surface area contributed by atoms with Crippen molar-refractivity contribution in [3.8, 4) is 11.1 Å². The predicted molar refractivity (Wildman–Crippen MR) is 68.4 cm³/mol. The summed E-state index contributed by atoms with van der Waals surface area (Å²) in [6.07, 6.45) is -0.582. The molecule has 0 spiro atoms. The molecule has 0 aliphatic rings. The zero-order chi connectivity index (χ0) is 15.5. The number of halogens is 3. The van der Waals surface area contributed by atoms with Crippen LogP contribution in [0.3, 0.4) is 0 Å². The highest BCUT2D eigenvalue weighted by Crippen LogP contribution is 2.34. The molecule has 0 radical (unpaired) electrons. The van der Waals surface area contributed by atoms with E-state index >= 15 is 0 Å². The molecule has 0 aromatic carbocycles.